The third kappa shape index (κ3) is 4.73. The second-order valence-corrected chi connectivity index (χ2v) is 4.99. The number of anilines is 1. The number of carbonyl (C=O) groups excluding carboxylic acids is 3. The fourth-order valence-corrected chi connectivity index (χ4v) is 2.28. The number of halogens is 1. The van der Waals surface area contributed by atoms with Crippen molar-refractivity contribution < 1.29 is 14.4 Å². The van der Waals surface area contributed by atoms with Crippen LogP contribution < -0.4 is 11.1 Å². The molecule has 0 saturated carbocycles. The molecule has 7 heteroatoms. The lowest BCUT2D eigenvalue weighted by Crippen LogP contribution is -2.37. The van der Waals surface area contributed by atoms with Gasteiger partial charge in [-0.1, -0.05) is 18.2 Å². The molecule has 0 aliphatic carbocycles. The van der Waals surface area contributed by atoms with Gasteiger partial charge >= 0.3 is 0 Å². The van der Waals surface area contributed by atoms with Gasteiger partial charge in [0.1, 0.15) is 0 Å². The molecule has 0 unspecified atom stereocenters. The molecule has 1 fully saturated rings. The van der Waals surface area contributed by atoms with E-state index in [1.54, 1.807) is 6.07 Å². The molecular weight excluding hydrogens is 306 g/mol. The van der Waals surface area contributed by atoms with E-state index >= 15 is 0 Å². The predicted octanol–water partition coefficient (Wildman–Crippen LogP) is 0.888. The predicted molar refractivity (Wildman–Crippen MR) is 85.4 cm³/mol. The Morgan fingerprint density at radius 1 is 1.18 bits per heavy atom. The molecule has 120 valence electrons. The highest BCUT2D eigenvalue weighted by Crippen LogP contribution is 2.12. The van der Waals surface area contributed by atoms with Crippen molar-refractivity contribution >= 4 is 35.8 Å². The summed E-state index contributed by atoms with van der Waals surface area (Å²) in [4.78, 5) is 35.7. The number of para-hydroxylation sites is 1. The number of nitrogen functional groups attached to an aromatic ring is 1. The van der Waals surface area contributed by atoms with Crippen molar-refractivity contribution in [2.24, 2.45) is 0 Å². The second-order valence-electron chi connectivity index (χ2n) is 4.99. The van der Waals surface area contributed by atoms with Gasteiger partial charge in [0.2, 0.25) is 17.7 Å². The monoisotopic (exact) mass is 325 g/mol. The Labute approximate surface area is 135 Å². The number of rotatable bonds is 6. The summed E-state index contributed by atoms with van der Waals surface area (Å²) in [6, 6.07) is 7.43. The third-order valence-electron chi connectivity index (χ3n) is 3.49. The van der Waals surface area contributed by atoms with E-state index in [0.717, 1.165) is 5.56 Å². The van der Waals surface area contributed by atoms with Crippen LogP contribution in [0, 0.1) is 0 Å². The highest BCUT2D eigenvalue weighted by molar-refractivity contribution is 6.01. The number of carbonyl (C=O) groups is 3. The molecule has 1 saturated heterocycles. The van der Waals surface area contributed by atoms with Gasteiger partial charge in [0.05, 0.1) is 0 Å². The molecule has 1 aliphatic rings. The van der Waals surface area contributed by atoms with Gasteiger partial charge in [-0.3, -0.25) is 19.3 Å². The van der Waals surface area contributed by atoms with Crippen LogP contribution in [0.1, 0.15) is 24.8 Å². The molecule has 1 aromatic carbocycles. The molecular formula is C15H20ClN3O3. The van der Waals surface area contributed by atoms with E-state index in [1.807, 2.05) is 18.2 Å². The van der Waals surface area contributed by atoms with E-state index in [4.69, 9.17) is 5.73 Å². The Kier molecular flexibility index (Phi) is 6.85. The first kappa shape index (κ1) is 18.0. The number of aryl methyl sites for hydroxylation is 1. The first-order valence-corrected chi connectivity index (χ1v) is 7.01. The van der Waals surface area contributed by atoms with Crippen LogP contribution in [-0.4, -0.2) is 35.7 Å². The number of hydrogen-bond donors (Lipinski definition) is 2. The van der Waals surface area contributed by atoms with Gasteiger partial charge in [-0.05, 0) is 18.1 Å². The summed E-state index contributed by atoms with van der Waals surface area (Å²) in [5, 5.41) is 2.71. The molecule has 2 rings (SSSR count). The van der Waals surface area contributed by atoms with Crippen molar-refractivity contribution in [3.05, 3.63) is 29.8 Å². The lowest BCUT2D eigenvalue weighted by atomic mass is 10.1. The molecule has 0 atom stereocenters. The van der Waals surface area contributed by atoms with Gasteiger partial charge in [-0.25, -0.2) is 0 Å². The fourth-order valence-electron chi connectivity index (χ4n) is 2.28. The normalized spacial score (nSPS) is 13.9. The Bertz CT molecular complexity index is 547. The molecule has 6 nitrogen and oxygen atoms in total. The lowest BCUT2D eigenvalue weighted by Gasteiger charge is -2.14. The average Bonchev–Trinajstić information content (AvgIpc) is 2.78. The van der Waals surface area contributed by atoms with Crippen LogP contribution in [-0.2, 0) is 20.8 Å². The standard InChI is InChI=1S/C15H19N3O3.ClH/c16-12-4-2-1-3-11(12)5-6-13(19)17-9-10-18-14(20)7-8-15(18)21;/h1-4H,5-10,16H2,(H,17,19);1H. The number of nitrogens with zero attached hydrogens (tertiary/aromatic N) is 1. The number of nitrogens with two attached hydrogens (primary N) is 1. The van der Waals surface area contributed by atoms with Crippen molar-refractivity contribution in [3.63, 3.8) is 0 Å². The number of benzene rings is 1. The van der Waals surface area contributed by atoms with Crippen LogP contribution >= 0.6 is 12.4 Å². The van der Waals surface area contributed by atoms with Crippen LogP contribution in [0.3, 0.4) is 0 Å². The van der Waals surface area contributed by atoms with Crippen LogP contribution in [0.2, 0.25) is 0 Å². The maximum atomic E-state index is 11.7. The van der Waals surface area contributed by atoms with E-state index in [0.29, 0.717) is 25.1 Å². The Morgan fingerprint density at radius 3 is 2.45 bits per heavy atom. The van der Waals surface area contributed by atoms with Crippen molar-refractivity contribution in [2.75, 3.05) is 18.8 Å². The molecule has 0 aromatic heterocycles. The van der Waals surface area contributed by atoms with Gasteiger partial charge in [0.15, 0.2) is 0 Å². The smallest absolute Gasteiger partial charge is 0.229 e. The van der Waals surface area contributed by atoms with E-state index in [-0.39, 0.29) is 49.5 Å². The van der Waals surface area contributed by atoms with Gasteiger partial charge in [-0.2, -0.15) is 0 Å². The number of imide groups is 1. The second kappa shape index (κ2) is 8.38. The minimum Gasteiger partial charge on any atom is -0.399 e. The maximum absolute atomic E-state index is 11.7. The van der Waals surface area contributed by atoms with Crippen molar-refractivity contribution in [1.29, 1.82) is 0 Å². The number of likely N-dealkylation sites (tertiary alicyclic amines) is 1. The average molecular weight is 326 g/mol. The minimum absolute atomic E-state index is 0. The van der Waals surface area contributed by atoms with Crippen molar-refractivity contribution in [3.8, 4) is 0 Å². The molecule has 1 aliphatic heterocycles. The van der Waals surface area contributed by atoms with Gasteiger partial charge in [0.25, 0.3) is 0 Å². The zero-order valence-corrected chi connectivity index (χ0v) is 13.0. The zero-order chi connectivity index (χ0) is 15.2. The maximum Gasteiger partial charge on any atom is 0.229 e. The van der Waals surface area contributed by atoms with Crippen LogP contribution in [0.25, 0.3) is 0 Å². The molecule has 0 radical (unpaired) electrons. The summed E-state index contributed by atoms with van der Waals surface area (Å²) in [5.41, 5.74) is 7.43. The highest BCUT2D eigenvalue weighted by atomic mass is 35.5. The number of amides is 3. The molecule has 0 spiro atoms. The molecule has 0 bridgehead atoms. The van der Waals surface area contributed by atoms with Gasteiger partial charge < -0.3 is 11.1 Å². The molecule has 1 aromatic rings. The Hall–Kier alpha value is -2.08. The molecule has 22 heavy (non-hydrogen) atoms. The summed E-state index contributed by atoms with van der Waals surface area (Å²) < 4.78 is 0. The van der Waals surface area contributed by atoms with Crippen LogP contribution in [0.5, 0.6) is 0 Å². The summed E-state index contributed by atoms with van der Waals surface area (Å²) in [6.45, 7) is 0.539. The topological polar surface area (TPSA) is 92.5 Å². The van der Waals surface area contributed by atoms with Crippen LogP contribution in [0.4, 0.5) is 5.69 Å². The fraction of sp³-hybridized carbons (Fsp3) is 0.400. The van der Waals surface area contributed by atoms with Crippen molar-refractivity contribution in [2.45, 2.75) is 25.7 Å². The Morgan fingerprint density at radius 2 is 1.82 bits per heavy atom. The zero-order valence-electron chi connectivity index (χ0n) is 12.2. The van der Waals surface area contributed by atoms with E-state index in [2.05, 4.69) is 5.32 Å². The summed E-state index contributed by atoms with van der Waals surface area (Å²) in [7, 11) is 0. The summed E-state index contributed by atoms with van der Waals surface area (Å²) >= 11 is 0. The third-order valence-corrected chi connectivity index (χ3v) is 3.49. The minimum atomic E-state index is -0.161. The molecule has 3 N–H and O–H groups in total. The number of nitrogens with one attached hydrogen (secondary N) is 1. The SMILES string of the molecule is Cl.Nc1ccccc1CCC(=O)NCCN1C(=O)CCC1=O. The van der Waals surface area contributed by atoms with E-state index in [9.17, 15) is 14.4 Å². The van der Waals surface area contributed by atoms with Crippen LogP contribution in [0.15, 0.2) is 24.3 Å². The summed E-state index contributed by atoms with van der Waals surface area (Å²) in [6.07, 6.45) is 1.45. The van der Waals surface area contributed by atoms with Crippen molar-refractivity contribution in [1.82, 2.24) is 10.2 Å². The quantitative estimate of drug-likeness (QED) is 0.600. The molecule has 3 amide bonds. The first-order chi connectivity index (χ1) is 10.1. The molecule has 1 heterocycles. The lowest BCUT2D eigenvalue weighted by molar-refractivity contribution is -0.138. The highest BCUT2D eigenvalue weighted by Gasteiger charge is 2.28. The number of hydrogen-bond acceptors (Lipinski definition) is 4. The van der Waals surface area contributed by atoms with Gasteiger partial charge in [-0.15, -0.1) is 12.4 Å². The van der Waals surface area contributed by atoms with E-state index in [1.165, 1.54) is 4.90 Å². The van der Waals surface area contributed by atoms with E-state index < -0.39 is 0 Å². The van der Waals surface area contributed by atoms with Gasteiger partial charge in [0, 0.05) is 38.0 Å². The summed E-state index contributed by atoms with van der Waals surface area (Å²) in [5.74, 6) is -0.435. The first-order valence-electron chi connectivity index (χ1n) is 7.01. The largest absolute Gasteiger partial charge is 0.399 e. The Balaban J connectivity index is 0.00000242.